The van der Waals surface area contributed by atoms with Gasteiger partial charge in [-0.1, -0.05) is 23.7 Å². The average molecular weight is 406 g/mol. The first-order chi connectivity index (χ1) is 13.5. The first-order valence-corrected chi connectivity index (χ1v) is 10.0. The third-order valence-electron chi connectivity index (χ3n) is 5.13. The Balaban J connectivity index is 1.56. The van der Waals surface area contributed by atoms with Crippen molar-refractivity contribution in [2.24, 2.45) is 0 Å². The number of piperidine rings is 1. The summed E-state index contributed by atoms with van der Waals surface area (Å²) in [6, 6.07) is 8.47. The van der Waals surface area contributed by atoms with Crippen LogP contribution < -0.4 is 16.0 Å². The Morgan fingerprint density at radius 1 is 1.32 bits per heavy atom. The lowest BCUT2D eigenvalue weighted by Crippen LogP contribution is -2.48. The van der Waals surface area contributed by atoms with Gasteiger partial charge < -0.3 is 16.0 Å². The molecule has 0 unspecified atom stereocenters. The number of hydrogen-bond acceptors (Lipinski definition) is 6. The second-order valence-corrected chi connectivity index (χ2v) is 7.57. The van der Waals surface area contributed by atoms with Crippen molar-refractivity contribution in [2.75, 3.05) is 43.4 Å². The van der Waals surface area contributed by atoms with E-state index in [1.54, 1.807) is 6.92 Å². The second-order valence-electron chi connectivity index (χ2n) is 7.13. The predicted molar refractivity (Wildman–Crippen MR) is 111 cm³/mol. The number of aromatic amines is 1. The zero-order chi connectivity index (χ0) is 19.9. The molecule has 8 nitrogen and oxygen atoms in total. The van der Waals surface area contributed by atoms with E-state index in [0.717, 1.165) is 50.5 Å². The number of carbonyl (C=O) groups excluding carboxylic acids is 1. The van der Waals surface area contributed by atoms with E-state index in [2.05, 4.69) is 42.4 Å². The van der Waals surface area contributed by atoms with Crippen LogP contribution in [0.15, 0.2) is 24.3 Å². The van der Waals surface area contributed by atoms with E-state index in [9.17, 15) is 4.79 Å². The van der Waals surface area contributed by atoms with Crippen LogP contribution in [0.5, 0.6) is 0 Å². The monoisotopic (exact) mass is 405 g/mol. The van der Waals surface area contributed by atoms with Crippen LogP contribution in [0.4, 0.5) is 11.9 Å². The predicted octanol–water partition coefficient (Wildman–Crippen LogP) is 1.69. The number of nitrogens with one attached hydrogen (secondary N) is 2. The van der Waals surface area contributed by atoms with E-state index in [1.165, 1.54) is 5.56 Å². The third-order valence-corrected chi connectivity index (χ3v) is 5.38. The summed E-state index contributed by atoms with van der Waals surface area (Å²) >= 11 is 5.98. The molecular weight excluding hydrogens is 378 g/mol. The highest BCUT2D eigenvalue weighted by atomic mass is 35.5. The molecule has 4 N–H and O–H groups in total. The zero-order valence-electron chi connectivity index (χ0n) is 16.2. The number of hydrogen-bond donors (Lipinski definition) is 3. The zero-order valence-corrected chi connectivity index (χ0v) is 17.0. The molecule has 0 radical (unpaired) electrons. The summed E-state index contributed by atoms with van der Waals surface area (Å²) in [5.41, 5.74) is 6.90. The number of H-pyrrole nitrogens is 1. The van der Waals surface area contributed by atoms with Gasteiger partial charge >= 0.3 is 0 Å². The minimum absolute atomic E-state index is 0.00895. The van der Waals surface area contributed by atoms with Crippen molar-refractivity contribution >= 4 is 29.4 Å². The molecule has 0 saturated carbocycles. The van der Waals surface area contributed by atoms with Crippen LogP contribution in [0.25, 0.3) is 0 Å². The average Bonchev–Trinajstić information content (AvgIpc) is 3.12. The summed E-state index contributed by atoms with van der Waals surface area (Å²) in [7, 11) is 0. The van der Waals surface area contributed by atoms with Gasteiger partial charge in [-0.15, -0.1) is 5.10 Å². The van der Waals surface area contributed by atoms with Gasteiger partial charge in [0.2, 0.25) is 17.8 Å². The van der Waals surface area contributed by atoms with E-state index in [1.807, 2.05) is 12.1 Å². The van der Waals surface area contributed by atoms with E-state index < -0.39 is 0 Å². The highest BCUT2D eigenvalue weighted by Gasteiger charge is 2.26. The van der Waals surface area contributed by atoms with Crippen molar-refractivity contribution in [1.82, 2.24) is 25.4 Å². The van der Waals surface area contributed by atoms with Crippen LogP contribution in [0.3, 0.4) is 0 Å². The van der Waals surface area contributed by atoms with Crippen molar-refractivity contribution < 1.29 is 4.79 Å². The van der Waals surface area contributed by atoms with Gasteiger partial charge in [0.15, 0.2) is 0 Å². The van der Waals surface area contributed by atoms with Gasteiger partial charge in [-0.3, -0.25) is 9.69 Å². The molecule has 28 heavy (non-hydrogen) atoms. The number of nitrogens with two attached hydrogens (primary N) is 1. The van der Waals surface area contributed by atoms with Crippen molar-refractivity contribution in [3.05, 3.63) is 34.9 Å². The standard InChI is InChI=1S/C19H28ClN7O/c1-14(28)22-9-13-26(10-6-15-2-4-16(20)5-3-15)17-7-11-27(12-8-17)19-23-18(21)24-25-19/h2-5,17H,6-13H2,1H3,(H,22,28)(H3,21,23,24,25). The van der Waals surface area contributed by atoms with Gasteiger partial charge in [0, 0.05) is 50.7 Å². The van der Waals surface area contributed by atoms with Gasteiger partial charge in [-0.25, -0.2) is 5.10 Å². The topological polar surface area (TPSA) is 103 Å². The molecule has 1 aromatic carbocycles. The Morgan fingerprint density at radius 3 is 2.64 bits per heavy atom. The molecule has 0 atom stereocenters. The Hall–Kier alpha value is -2.32. The maximum atomic E-state index is 11.2. The number of aromatic nitrogens is 3. The van der Waals surface area contributed by atoms with E-state index in [4.69, 9.17) is 17.3 Å². The van der Waals surface area contributed by atoms with Crippen LogP contribution in [0.2, 0.25) is 5.02 Å². The number of benzene rings is 1. The van der Waals surface area contributed by atoms with Gasteiger partial charge in [0.05, 0.1) is 0 Å². The molecule has 1 aliphatic heterocycles. The Kier molecular flexibility index (Phi) is 7.11. The highest BCUT2D eigenvalue weighted by Crippen LogP contribution is 2.21. The van der Waals surface area contributed by atoms with Gasteiger partial charge in [-0.05, 0) is 37.0 Å². The molecule has 152 valence electrons. The third kappa shape index (κ3) is 5.84. The lowest BCUT2D eigenvalue weighted by molar-refractivity contribution is -0.119. The smallest absolute Gasteiger partial charge is 0.246 e. The number of nitrogen functional groups attached to an aromatic ring is 1. The number of nitrogens with zero attached hydrogens (tertiary/aromatic N) is 4. The summed E-state index contributed by atoms with van der Waals surface area (Å²) in [4.78, 5) is 20.1. The molecule has 0 spiro atoms. The fraction of sp³-hybridized carbons (Fsp3) is 0.526. The Labute approximate surface area is 170 Å². The van der Waals surface area contributed by atoms with Crippen molar-refractivity contribution in [3.63, 3.8) is 0 Å². The summed E-state index contributed by atoms with van der Waals surface area (Å²) in [5.74, 6) is 1.02. The van der Waals surface area contributed by atoms with E-state index in [-0.39, 0.29) is 5.91 Å². The van der Waals surface area contributed by atoms with Gasteiger partial charge in [-0.2, -0.15) is 4.98 Å². The van der Waals surface area contributed by atoms with Crippen LogP contribution in [-0.4, -0.2) is 64.8 Å². The molecule has 2 aromatic rings. The maximum absolute atomic E-state index is 11.2. The Morgan fingerprint density at radius 2 is 2.04 bits per heavy atom. The molecule has 1 fully saturated rings. The largest absolute Gasteiger partial charge is 0.368 e. The second kappa shape index (κ2) is 9.75. The number of rotatable bonds is 8. The molecular formula is C19H28ClN7O. The highest BCUT2D eigenvalue weighted by molar-refractivity contribution is 6.30. The quantitative estimate of drug-likeness (QED) is 0.617. The summed E-state index contributed by atoms with van der Waals surface area (Å²) < 4.78 is 0. The number of carbonyl (C=O) groups is 1. The van der Waals surface area contributed by atoms with Gasteiger partial charge in [0.1, 0.15) is 0 Å². The molecule has 1 aliphatic rings. The van der Waals surface area contributed by atoms with Crippen molar-refractivity contribution in [3.8, 4) is 0 Å². The van der Waals surface area contributed by atoms with Crippen LogP contribution in [-0.2, 0) is 11.2 Å². The summed E-state index contributed by atoms with van der Waals surface area (Å²) in [6.45, 7) is 5.77. The van der Waals surface area contributed by atoms with Crippen molar-refractivity contribution in [2.45, 2.75) is 32.2 Å². The van der Waals surface area contributed by atoms with Gasteiger partial charge in [0.25, 0.3) is 0 Å². The fourth-order valence-corrected chi connectivity index (χ4v) is 3.74. The molecule has 1 saturated heterocycles. The minimum atomic E-state index is 0.00895. The van der Waals surface area contributed by atoms with Crippen LogP contribution in [0.1, 0.15) is 25.3 Å². The normalized spacial score (nSPS) is 15.2. The van der Waals surface area contributed by atoms with E-state index in [0.29, 0.717) is 24.5 Å². The number of anilines is 2. The molecule has 3 rings (SSSR count). The maximum Gasteiger partial charge on any atom is 0.246 e. The molecule has 0 aliphatic carbocycles. The van der Waals surface area contributed by atoms with E-state index >= 15 is 0 Å². The Bertz CT molecular complexity index is 756. The number of halogens is 1. The van der Waals surface area contributed by atoms with Crippen LogP contribution in [0, 0.1) is 0 Å². The molecule has 9 heteroatoms. The first-order valence-electron chi connectivity index (χ1n) is 9.67. The molecule has 0 bridgehead atoms. The fourth-order valence-electron chi connectivity index (χ4n) is 3.61. The summed E-state index contributed by atoms with van der Waals surface area (Å²) in [6.07, 6.45) is 3.00. The SMILES string of the molecule is CC(=O)NCCN(CCc1ccc(Cl)cc1)C1CCN(c2n[nH]c(N)n2)CC1. The lowest BCUT2D eigenvalue weighted by atomic mass is 10.0. The molecule has 1 aromatic heterocycles. The van der Waals surface area contributed by atoms with Crippen LogP contribution >= 0.6 is 11.6 Å². The minimum Gasteiger partial charge on any atom is -0.368 e. The first kappa shape index (κ1) is 20.4. The number of amides is 1. The molecule has 1 amide bonds. The van der Waals surface area contributed by atoms with Crippen molar-refractivity contribution in [1.29, 1.82) is 0 Å². The molecule has 2 heterocycles. The summed E-state index contributed by atoms with van der Waals surface area (Å²) in [5, 5.41) is 10.5. The lowest BCUT2D eigenvalue weighted by Gasteiger charge is -2.38.